The third kappa shape index (κ3) is 2.93. The summed E-state index contributed by atoms with van der Waals surface area (Å²) in [5, 5.41) is 0. The van der Waals surface area contributed by atoms with Gasteiger partial charge in [0.15, 0.2) is 5.76 Å². The molecule has 3 heterocycles. The summed E-state index contributed by atoms with van der Waals surface area (Å²) in [5.41, 5.74) is 7.61. The first-order valence-corrected chi connectivity index (χ1v) is 8.09. The van der Waals surface area contributed by atoms with Gasteiger partial charge in [-0.2, -0.15) is 0 Å². The van der Waals surface area contributed by atoms with Crippen molar-refractivity contribution in [2.75, 3.05) is 6.54 Å². The standard InChI is InChI=1S/C18H25N3O2/c1-12-14-6-5-7-20(14)8-9-21(12)11-13-10-15(17(19)22)23-16(13)18(2,3)4/h5-7,10,12H,8-9,11H2,1-4H3,(H2,19,22). The fourth-order valence-corrected chi connectivity index (χ4v) is 3.36. The molecule has 124 valence electrons. The minimum Gasteiger partial charge on any atom is -0.455 e. The lowest BCUT2D eigenvalue weighted by Crippen LogP contribution is -2.36. The summed E-state index contributed by atoms with van der Waals surface area (Å²) in [4.78, 5) is 13.9. The zero-order valence-corrected chi connectivity index (χ0v) is 14.3. The lowest BCUT2D eigenvalue weighted by Gasteiger charge is -2.35. The van der Waals surface area contributed by atoms with E-state index in [1.165, 1.54) is 5.69 Å². The van der Waals surface area contributed by atoms with E-state index in [9.17, 15) is 4.79 Å². The molecule has 1 unspecified atom stereocenters. The zero-order chi connectivity index (χ0) is 16.8. The van der Waals surface area contributed by atoms with Crippen LogP contribution in [0.1, 0.15) is 61.3 Å². The predicted molar refractivity (Wildman–Crippen MR) is 89.2 cm³/mol. The molecule has 2 N–H and O–H groups in total. The third-order valence-electron chi connectivity index (χ3n) is 4.57. The normalized spacial score (nSPS) is 18.9. The minimum absolute atomic E-state index is 0.164. The number of primary amides is 1. The molecule has 0 spiro atoms. The molecular weight excluding hydrogens is 290 g/mol. The molecule has 5 heteroatoms. The number of fused-ring (bicyclic) bond motifs is 1. The molecule has 0 aliphatic carbocycles. The first-order valence-electron chi connectivity index (χ1n) is 8.09. The SMILES string of the molecule is CC1c2cccn2CCN1Cc1cc(C(N)=O)oc1C(C)(C)C. The number of rotatable bonds is 3. The summed E-state index contributed by atoms with van der Waals surface area (Å²) in [6, 6.07) is 6.41. The van der Waals surface area contributed by atoms with Gasteiger partial charge in [-0.15, -0.1) is 0 Å². The van der Waals surface area contributed by atoms with Crippen molar-refractivity contribution in [3.05, 3.63) is 47.2 Å². The maximum absolute atomic E-state index is 11.5. The van der Waals surface area contributed by atoms with E-state index in [1.54, 1.807) is 0 Å². The van der Waals surface area contributed by atoms with Crippen LogP contribution in [-0.4, -0.2) is 21.9 Å². The van der Waals surface area contributed by atoms with Gasteiger partial charge in [-0.05, 0) is 25.1 Å². The highest BCUT2D eigenvalue weighted by atomic mass is 16.4. The number of hydrogen-bond acceptors (Lipinski definition) is 3. The second-order valence-electron chi connectivity index (χ2n) is 7.35. The topological polar surface area (TPSA) is 64.4 Å². The molecule has 1 atom stereocenters. The Morgan fingerprint density at radius 1 is 1.39 bits per heavy atom. The van der Waals surface area contributed by atoms with Crippen LogP contribution in [0.25, 0.3) is 0 Å². The molecular formula is C18H25N3O2. The molecule has 2 aromatic heterocycles. The van der Waals surface area contributed by atoms with E-state index < -0.39 is 5.91 Å². The van der Waals surface area contributed by atoms with Crippen LogP contribution in [-0.2, 0) is 18.5 Å². The summed E-state index contributed by atoms with van der Waals surface area (Å²) in [7, 11) is 0. The number of amides is 1. The van der Waals surface area contributed by atoms with E-state index in [4.69, 9.17) is 10.2 Å². The van der Waals surface area contributed by atoms with E-state index in [1.807, 2.05) is 6.07 Å². The number of nitrogens with two attached hydrogens (primary N) is 1. The Labute approximate surface area is 137 Å². The summed E-state index contributed by atoms with van der Waals surface area (Å²) < 4.78 is 8.07. The van der Waals surface area contributed by atoms with Crippen LogP contribution in [0.2, 0.25) is 0 Å². The number of hydrogen-bond donors (Lipinski definition) is 1. The third-order valence-corrected chi connectivity index (χ3v) is 4.57. The van der Waals surface area contributed by atoms with Crippen molar-refractivity contribution in [1.29, 1.82) is 0 Å². The van der Waals surface area contributed by atoms with Gasteiger partial charge in [0.25, 0.3) is 5.91 Å². The van der Waals surface area contributed by atoms with Crippen LogP contribution < -0.4 is 5.73 Å². The maximum atomic E-state index is 11.5. The fourth-order valence-electron chi connectivity index (χ4n) is 3.36. The maximum Gasteiger partial charge on any atom is 0.284 e. The number of nitrogens with zero attached hydrogens (tertiary/aromatic N) is 2. The Kier molecular flexibility index (Phi) is 3.84. The highest BCUT2D eigenvalue weighted by Gasteiger charge is 2.29. The second kappa shape index (κ2) is 5.57. The van der Waals surface area contributed by atoms with Gasteiger partial charge in [-0.25, -0.2) is 0 Å². The Morgan fingerprint density at radius 3 is 2.78 bits per heavy atom. The van der Waals surface area contributed by atoms with Gasteiger partial charge in [0.05, 0.1) is 0 Å². The summed E-state index contributed by atoms with van der Waals surface area (Å²) in [5.74, 6) is 0.583. The Bertz CT molecular complexity index is 721. The zero-order valence-electron chi connectivity index (χ0n) is 14.3. The molecule has 3 rings (SSSR count). The monoisotopic (exact) mass is 315 g/mol. The van der Waals surface area contributed by atoms with Crippen LogP contribution in [0.4, 0.5) is 0 Å². The first kappa shape index (κ1) is 15.9. The number of carbonyl (C=O) groups is 1. The van der Waals surface area contributed by atoms with Gasteiger partial charge in [-0.3, -0.25) is 9.69 Å². The fraction of sp³-hybridized carbons (Fsp3) is 0.500. The van der Waals surface area contributed by atoms with Crippen LogP contribution >= 0.6 is 0 Å². The molecule has 1 aliphatic rings. The molecule has 1 amide bonds. The molecule has 23 heavy (non-hydrogen) atoms. The Balaban J connectivity index is 1.90. The van der Waals surface area contributed by atoms with Gasteiger partial charge in [-0.1, -0.05) is 20.8 Å². The molecule has 0 saturated carbocycles. The molecule has 0 aromatic carbocycles. The van der Waals surface area contributed by atoms with Gasteiger partial charge in [0.1, 0.15) is 5.76 Å². The molecule has 0 fully saturated rings. The van der Waals surface area contributed by atoms with Crippen molar-refractivity contribution in [1.82, 2.24) is 9.47 Å². The van der Waals surface area contributed by atoms with Crippen LogP contribution in [0.3, 0.4) is 0 Å². The van der Waals surface area contributed by atoms with Crippen molar-refractivity contribution in [2.45, 2.75) is 52.2 Å². The van der Waals surface area contributed by atoms with E-state index >= 15 is 0 Å². The van der Waals surface area contributed by atoms with Gasteiger partial charge < -0.3 is 14.7 Å². The number of furan rings is 1. The molecule has 1 aliphatic heterocycles. The summed E-state index contributed by atoms with van der Waals surface area (Å²) in [6.45, 7) is 11.2. The van der Waals surface area contributed by atoms with Gasteiger partial charge in [0.2, 0.25) is 0 Å². The average molecular weight is 315 g/mol. The summed E-state index contributed by atoms with van der Waals surface area (Å²) in [6.07, 6.45) is 2.13. The van der Waals surface area contributed by atoms with Crippen LogP contribution in [0.5, 0.6) is 0 Å². The predicted octanol–water partition coefficient (Wildman–Crippen LogP) is 3.05. The molecule has 5 nitrogen and oxygen atoms in total. The van der Waals surface area contributed by atoms with Crippen molar-refractivity contribution in [3.8, 4) is 0 Å². The van der Waals surface area contributed by atoms with Gasteiger partial charge in [0, 0.05) is 48.5 Å². The quantitative estimate of drug-likeness (QED) is 0.947. The smallest absolute Gasteiger partial charge is 0.284 e. The van der Waals surface area contributed by atoms with E-state index in [0.29, 0.717) is 6.04 Å². The van der Waals surface area contributed by atoms with Crippen molar-refractivity contribution in [3.63, 3.8) is 0 Å². The number of carbonyl (C=O) groups excluding carboxylic acids is 1. The van der Waals surface area contributed by atoms with Crippen LogP contribution in [0.15, 0.2) is 28.8 Å². The largest absolute Gasteiger partial charge is 0.455 e. The second-order valence-corrected chi connectivity index (χ2v) is 7.35. The van der Waals surface area contributed by atoms with Gasteiger partial charge >= 0.3 is 0 Å². The lowest BCUT2D eigenvalue weighted by atomic mass is 9.90. The average Bonchev–Trinajstić information content (AvgIpc) is 3.08. The minimum atomic E-state index is -0.512. The van der Waals surface area contributed by atoms with E-state index in [2.05, 4.69) is 55.5 Å². The van der Waals surface area contributed by atoms with E-state index in [-0.39, 0.29) is 11.2 Å². The van der Waals surface area contributed by atoms with E-state index in [0.717, 1.165) is 31.0 Å². The first-order chi connectivity index (χ1) is 10.8. The highest BCUT2D eigenvalue weighted by Crippen LogP contribution is 2.33. The summed E-state index contributed by atoms with van der Waals surface area (Å²) >= 11 is 0. The lowest BCUT2D eigenvalue weighted by molar-refractivity contribution is 0.0970. The van der Waals surface area contributed by atoms with Crippen molar-refractivity contribution >= 4 is 5.91 Å². The number of aromatic nitrogens is 1. The highest BCUT2D eigenvalue weighted by molar-refractivity contribution is 5.90. The molecule has 2 aromatic rings. The molecule has 0 saturated heterocycles. The van der Waals surface area contributed by atoms with Crippen molar-refractivity contribution < 1.29 is 9.21 Å². The molecule has 0 radical (unpaired) electrons. The Morgan fingerprint density at radius 2 is 2.13 bits per heavy atom. The Hall–Kier alpha value is -2.01. The van der Waals surface area contributed by atoms with Crippen molar-refractivity contribution in [2.24, 2.45) is 5.73 Å². The van der Waals surface area contributed by atoms with Crippen LogP contribution in [0, 0.1) is 0 Å². The molecule has 0 bridgehead atoms.